The van der Waals surface area contributed by atoms with Gasteiger partial charge in [0.15, 0.2) is 0 Å². The van der Waals surface area contributed by atoms with Crippen LogP contribution in [0.5, 0.6) is 11.5 Å². The number of hydrazine groups is 1. The highest BCUT2D eigenvalue weighted by atomic mass is 35.5. The Hall–Kier alpha value is -2.11. The van der Waals surface area contributed by atoms with Crippen LogP contribution in [0.25, 0.3) is 0 Å². The van der Waals surface area contributed by atoms with Crippen molar-refractivity contribution in [3.8, 4) is 11.5 Å². The van der Waals surface area contributed by atoms with Crippen LogP contribution < -0.4 is 19.9 Å². The van der Waals surface area contributed by atoms with Crippen molar-refractivity contribution in [3.63, 3.8) is 0 Å². The minimum absolute atomic E-state index is 0.00632. The molecule has 1 aliphatic rings. The summed E-state index contributed by atoms with van der Waals surface area (Å²) in [7, 11) is 3.10. The first-order chi connectivity index (χ1) is 12.0. The number of hydrogen-bond donors (Lipinski definition) is 1. The number of nitrogens with one attached hydrogen (secondary N) is 1. The van der Waals surface area contributed by atoms with Gasteiger partial charge in [-0.2, -0.15) is 0 Å². The molecule has 0 heterocycles. The monoisotopic (exact) mass is 380 g/mol. The zero-order chi connectivity index (χ0) is 18.0. The topological polar surface area (TPSA) is 50.8 Å². The number of hydrogen-bond acceptors (Lipinski definition) is 4. The van der Waals surface area contributed by atoms with Gasteiger partial charge in [-0.05, 0) is 49.2 Å². The van der Waals surface area contributed by atoms with E-state index >= 15 is 0 Å². The first-order valence-corrected chi connectivity index (χ1v) is 8.56. The van der Waals surface area contributed by atoms with Gasteiger partial charge in [-0.3, -0.25) is 10.2 Å². The van der Waals surface area contributed by atoms with Crippen LogP contribution in [-0.4, -0.2) is 20.1 Å². The maximum Gasteiger partial charge on any atom is 0.248 e. The number of ether oxygens (including phenoxy) is 2. The number of halogens is 2. The Morgan fingerprint density at radius 2 is 1.64 bits per heavy atom. The molecule has 0 atom stereocenters. The lowest BCUT2D eigenvalue weighted by molar-refractivity contribution is -0.119. The zero-order valence-corrected chi connectivity index (χ0v) is 15.4. The van der Waals surface area contributed by atoms with Crippen LogP contribution in [0, 0.1) is 5.92 Å². The normalized spacial score (nSPS) is 13.3. The van der Waals surface area contributed by atoms with E-state index in [-0.39, 0.29) is 11.8 Å². The molecule has 5 nitrogen and oxygen atoms in total. The van der Waals surface area contributed by atoms with E-state index in [4.69, 9.17) is 32.7 Å². The van der Waals surface area contributed by atoms with Crippen LogP contribution in [0.1, 0.15) is 12.8 Å². The highest BCUT2D eigenvalue weighted by Crippen LogP contribution is 2.36. The standard InChI is InChI=1S/C18H18Cl2N2O3/c1-24-16-7-5-12(9-14(16)19)21-22(18(23)11-3-4-11)13-6-8-17(25-2)15(20)10-13/h5-11,21H,3-4H2,1-2H3. The summed E-state index contributed by atoms with van der Waals surface area (Å²) in [5.74, 6) is 1.15. The molecule has 2 aromatic carbocycles. The van der Waals surface area contributed by atoms with Crippen molar-refractivity contribution in [2.75, 3.05) is 24.7 Å². The summed E-state index contributed by atoms with van der Waals surface area (Å²) in [5, 5.41) is 2.39. The molecule has 0 spiro atoms. The van der Waals surface area contributed by atoms with Crippen LogP contribution in [-0.2, 0) is 4.79 Å². The molecule has 1 amide bonds. The van der Waals surface area contributed by atoms with Crippen LogP contribution >= 0.6 is 23.2 Å². The van der Waals surface area contributed by atoms with Gasteiger partial charge in [0.25, 0.3) is 0 Å². The fourth-order valence-electron chi connectivity index (χ4n) is 2.42. The van der Waals surface area contributed by atoms with Gasteiger partial charge in [0, 0.05) is 5.92 Å². The predicted octanol–water partition coefficient (Wildman–Crippen LogP) is 4.78. The number of nitrogens with zero attached hydrogens (tertiary/aromatic N) is 1. The third kappa shape index (κ3) is 3.94. The maximum absolute atomic E-state index is 12.7. The second kappa shape index (κ2) is 7.42. The van der Waals surface area contributed by atoms with Gasteiger partial charge in [0.1, 0.15) is 11.5 Å². The summed E-state index contributed by atoms with van der Waals surface area (Å²) in [6, 6.07) is 10.4. The molecule has 1 fully saturated rings. The van der Waals surface area contributed by atoms with E-state index in [1.54, 1.807) is 50.6 Å². The van der Waals surface area contributed by atoms with E-state index < -0.39 is 0 Å². The van der Waals surface area contributed by atoms with Gasteiger partial charge in [-0.15, -0.1) is 0 Å². The molecular formula is C18H18Cl2N2O3. The average Bonchev–Trinajstić information content (AvgIpc) is 3.44. The Kier molecular flexibility index (Phi) is 5.25. The van der Waals surface area contributed by atoms with Crippen LogP contribution in [0.2, 0.25) is 10.0 Å². The Morgan fingerprint density at radius 1 is 1.04 bits per heavy atom. The molecule has 0 radical (unpaired) electrons. The molecule has 0 unspecified atom stereocenters. The van der Waals surface area contributed by atoms with Gasteiger partial charge in [0.05, 0.1) is 35.6 Å². The van der Waals surface area contributed by atoms with Gasteiger partial charge in [-0.1, -0.05) is 23.2 Å². The molecule has 2 aromatic rings. The Bertz CT molecular complexity index is 794. The lowest BCUT2D eigenvalue weighted by Gasteiger charge is -2.25. The molecule has 1 aliphatic carbocycles. The maximum atomic E-state index is 12.7. The van der Waals surface area contributed by atoms with Crippen molar-refractivity contribution in [3.05, 3.63) is 46.4 Å². The first kappa shape index (κ1) is 17.7. The Balaban J connectivity index is 1.91. The minimum Gasteiger partial charge on any atom is -0.495 e. The van der Waals surface area contributed by atoms with Crippen LogP contribution in [0.15, 0.2) is 36.4 Å². The van der Waals surface area contributed by atoms with Crippen molar-refractivity contribution in [1.82, 2.24) is 0 Å². The molecule has 25 heavy (non-hydrogen) atoms. The lowest BCUT2D eigenvalue weighted by Crippen LogP contribution is -2.37. The third-order valence-electron chi connectivity index (χ3n) is 3.93. The molecule has 3 rings (SSSR count). The summed E-state index contributed by atoms with van der Waals surface area (Å²) in [4.78, 5) is 12.7. The summed E-state index contributed by atoms with van der Waals surface area (Å²) >= 11 is 12.4. The number of anilines is 2. The molecule has 0 aromatic heterocycles. The van der Waals surface area contributed by atoms with E-state index in [1.165, 1.54) is 5.01 Å². The number of rotatable bonds is 6. The Morgan fingerprint density at radius 3 is 2.16 bits per heavy atom. The van der Waals surface area contributed by atoms with E-state index in [9.17, 15) is 4.79 Å². The quantitative estimate of drug-likeness (QED) is 0.732. The largest absolute Gasteiger partial charge is 0.495 e. The van der Waals surface area contributed by atoms with Gasteiger partial charge in [-0.25, -0.2) is 5.01 Å². The number of carbonyl (C=O) groups is 1. The zero-order valence-electron chi connectivity index (χ0n) is 13.9. The smallest absolute Gasteiger partial charge is 0.248 e. The van der Waals surface area contributed by atoms with E-state index in [1.807, 2.05) is 0 Å². The SMILES string of the molecule is COc1ccc(NN(C(=O)C2CC2)c2ccc(OC)c(Cl)c2)cc1Cl. The molecule has 0 saturated heterocycles. The minimum atomic E-state index is -0.00632. The van der Waals surface area contributed by atoms with Crippen molar-refractivity contribution in [2.45, 2.75) is 12.8 Å². The average molecular weight is 381 g/mol. The summed E-state index contributed by atoms with van der Waals surface area (Å²) < 4.78 is 10.3. The van der Waals surface area contributed by atoms with Gasteiger partial charge in [0.2, 0.25) is 5.91 Å². The Labute approximate surface area is 156 Å². The molecule has 132 valence electrons. The third-order valence-corrected chi connectivity index (χ3v) is 4.52. The highest BCUT2D eigenvalue weighted by molar-refractivity contribution is 6.32. The van der Waals surface area contributed by atoms with Crippen LogP contribution in [0.4, 0.5) is 11.4 Å². The van der Waals surface area contributed by atoms with Crippen molar-refractivity contribution in [2.24, 2.45) is 5.92 Å². The van der Waals surface area contributed by atoms with E-state index in [0.29, 0.717) is 32.9 Å². The summed E-state index contributed by atoms with van der Waals surface area (Å²) in [6.07, 6.45) is 1.79. The fraction of sp³-hybridized carbons (Fsp3) is 0.278. The number of benzene rings is 2. The molecule has 0 aliphatic heterocycles. The molecule has 1 N–H and O–H groups in total. The van der Waals surface area contributed by atoms with Gasteiger partial charge >= 0.3 is 0 Å². The number of amides is 1. The van der Waals surface area contributed by atoms with Crippen molar-refractivity contribution < 1.29 is 14.3 Å². The highest BCUT2D eigenvalue weighted by Gasteiger charge is 2.34. The molecule has 1 saturated carbocycles. The van der Waals surface area contributed by atoms with Crippen molar-refractivity contribution >= 4 is 40.5 Å². The molecular weight excluding hydrogens is 363 g/mol. The van der Waals surface area contributed by atoms with E-state index in [2.05, 4.69) is 5.43 Å². The molecule has 0 bridgehead atoms. The number of methoxy groups -OCH3 is 2. The number of carbonyl (C=O) groups excluding carboxylic acids is 1. The molecule has 7 heteroatoms. The first-order valence-electron chi connectivity index (χ1n) is 7.81. The summed E-state index contributed by atoms with van der Waals surface area (Å²) in [6.45, 7) is 0. The summed E-state index contributed by atoms with van der Waals surface area (Å²) in [5.41, 5.74) is 4.42. The second-order valence-electron chi connectivity index (χ2n) is 5.73. The van der Waals surface area contributed by atoms with E-state index in [0.717, 1.165) is 12.8 Å². The lowest BCUT2D eigenvalue weighted by atomic mass is 10.2. The van der Waals surface area contributed by atoms with Crippen molar-refractivity contribution in [1.29, 1.82) is 0 Å². The predicted molar refractivity (Wildman–Crippen MR) is 99.8 cm³/mol. The fourth-order valence-corrected chi connectivity index (χ4v) is 2.93. The van der Waals surface area contributed by atoms with Crippen LogP contribution in [0.3, 0.4) is 0 Å². The second-order valence-corrected chi connectivity index (χ2v) is 6.54. The van der Waals surface area contributed by atoms with Gasteiger partial charge < -0.3 is 9.47 Å².